The van der Waals surface area contributed by atoms with Gasteiger partial charge in [0, 0.05) is 52.1 Å². The van der Waals surface area contributed by atoms with Crippen LogP contribution in [0.15, 0.2) is 53.7 Å². The van der Waals surface area contributed by atoms with Crippen LogP contribution in [0.2, 0.25) is 0 Å². The summed E-state index contributed by atoms with van der Waals surface area (Å²) in [6.45, 7) is 4.23. The molecule has 0 unspecified atom stereocenters. The monoisotopic (exact) mass is 395 g/mol. The van der Waals surface area contributed by atoms with Crippen molar-refractivity contribution in [3.05, 3.63) is 54.2 Å². The third kappa shape index (κ3) is 6.48. The molecule has 1 aromatic heterocycles. The molecule has 1 aliphatic rings. The molecule has 2 heterocycles. The lowest BCUT2D eigenvalue weighted by atomic mass is 10.1. The maximum Gasteiger partial charge on any atom is 0.227 e. The van der Waals surface area contributed by atoms with Gasteiger partial charge < -0.3 is 20.3 Å². The Balaban J connectivity index is 1.38. The predicted octanol–water partition coefficient (Wildman–Crippen LogP) is 2.84. The number of rotatable bonds is 6. The van der Waals surface area contributed by atoms with Crippen LogP contribution in [-0.2, 0) is 4.79 Å². The number of piperidine rings is 1. The van der Waals surface area contributed by atoms with Gasteiger partial charge in [0.1, 0.15) is 17.7 Å². The highest BCUT2D eigenvalue weighted by atomic mass is 16.5. The van der Waals surface area contributed by atoms with E-state index in [1.54, 1.807) is 19.3 Å². The molecule has 2 aromatic rings. The maximum atomic E-state index is 12.1. The number of carbonyl (C=O) groups excluding carboxylic acids is 1. The van der Waals surface area contributed by atoms with Crippen molar-refractivity contribution in [3.63, 3.8) is 0 Å². The van der Waals surface area contributed by atoms with E-state index in [-0.39, 0.29) is 12.0 Å². The fraction of sp³-hybridized carbons (Fsp3) is 0.409. The number of hydrogen-bond donors (Lipinski definition) is 2. The minimum absolute atomic E-state index is 0.0701. The Hall–Kier alpha value is -3.09. The van der Waals surface area contributed by atoms with Gasteiger partial charge >= 0.3 is 0 Å². The number of carbonyl (C=O) groups is 1. The molecular weight excluding hydrogens is 366 g/mol. The van der Waals surface area contributed by atoms with Crippen molar-refractivity contribution in [1.82, 2.24) is 15.2 Å². The molecule has 29 heavy (non-hydrogen) atoms. The van der Waals surface area contributed by atoms with E-state index in [4.69, 9.17) is 4.74 Å². The Bertz CT molecular complexity index is 800. The molecule has 0 aliphatic carbocycles. The van der Waals surface area contributed by atoms with Gasteiger partial charge in [0.2, 0.25) is 5.91 Å². The highest BCUT2D eigenvalue weighted by molar-refractivity contribution is 5.90. The van der Waals surface area contributed by atoms with Crippen molar-refractivity contribution >= 4 is 17.7 Å². The number of ether oxygens (including phenoxy) is 1. The summed E-state index contributed by atoms with van der Waals surface area (Å²) in [7, 11) is 1.77. The molecule has 0 spiro atoms. The van der Waals surface area contributed by atoms with Crippen molar-refractivity contribution in [3.8, 4) is 5.75 Å². The number of aryl methyl sites for hydroxylation is 1. The van der Waals surface area contributed by atoms with Crippen LogP contribution < -0.4 is 15.4 Å². The van der Waals surface area contributed by atoms with Crippen molar-refractivity contribution in [2.24, 2.45) is 4.99 Å². The van der Waals surface area contributed by atoms with Gasteiger partial charge in [-0.15, -0.1) is 0 Å². The molecular formula is C22H29N5O2. The van der Waals surface area contributed by atoms with Crippen molar-refractivity contribution in [2.45, 2.75) is 32.3 Å². The summed E-state index contributed by atoms with van der Waals surface area (Å²) in [4.78, 5) is 22.9. The predicted molar refractivity (Wildman–Crippen MR) is 115 cm³/mol. The number of likely N-dealkylation sites (tertiary alicyclic amines) is 1. The lowest BCUT2D eigenvalue weighted by Crippen LogP contribution is -2.48. The lowest BCUT2D eigenvalue weighted by molar-refractivity contribution is -0.116. The summed E-state index contributed by atoms with van der Waals surface area (Å²) >= 11 is 0. The van der Waals surface area contributed by atoms with E-state index < -0.39 is 0 Å². The van der Waals surface area contributed by atoms with E-state index in [1.165, 1.54) is 0 Å². The molecule has 1 saturated heterocycles. The molecule has 0 atom stereocenters. The number of aromatic nitrogens is 1. The number of pyridine rings is 1. The van der Waals surface area contributed by atoms with Crippen molar-refractivity contribution in [1.29, 1.82) is 0 Å². The van der Waals surface area contributed by atoms with E-state index in [0.29, 0.717) is 18.8 Å². The van der Waals surface area contributed by atoms with Crippen molar-refractivity contribution < 1.29 is 9.53 Å². The number of para-hydroxylation sites is 1. The number of nitrogens with zero attached hydrogens (tertiary/aromatic N) is 3. The smallest absolute Gasteiger partial charge is 0.227 e. The number of benzene rings is 1. The first-order valence-corrected chi connectivity index (χ1v) is 10.0. The zero-order valence-corrected chi connectivity index (χ0v) is 17.1. The van der Waals surface area contributed by atoms with Gasteiger partial charge in [0.05, 0.1) is 0 Å². The Morgan fingerprint density at radius 1 is 1.21 bits per heavy atom. The quantitative estimate of drug-likeness (QED) is 0.581. The molecule has 0 radical (unpaired) electrons. The van der Waals surface area contributed by atoms with Gasteiger partial charge in [0.25, 0.3) is 0 Å². The fourth-order valence-electron chi connectivity index (χ4n) is 3.24. The van der Waals surface area contributed by atoms with Crippen LogP contribution in [0.3, 0.4) is 0 Å². The zero-order valence-electron chi connectivity index (χ0n) is 17.1. The second-order valence-corrected chi connectivity index (χ2v) is 7.11. The fourth-order valence-corrected chi connectivity index (χ4v) is 3.24. The number of nitrogens with one attached hydrogen (secondary N) is 2. The maximum absolute atomic E-state index is 12.1. The third-order valence-electron chi connectivity index (χ3n) is 4.81. The molecule has 1 aromatic carbocycles. The highest BCUT2D eigenvalue weighted by Crippen LogP contribution is 2.18. The molecule has 7 nitrogen and oxygen atoms in total. The third-order valence-corrected chi connectivity index (χ3v) is 4.81. The molecule has 3 rings (SSSR count). The van der Waals surface area contributed by atoms with Crippen LogP contribution in [0.1, 0.15) is 24.8 Å². The number of amides is 1. The van der Waals surface area contributed by atoms with Gasteiger partial charge in [-0.2, -0.15) is 0 Å². The normalized spacial score (nSPS) is 15.1. The molecule has 2 N–H and O–H groups in total. The molecule has 1 fully saturated rings. The van der Waals surface area contributed by atoms with Crippen LogP contribution in [0, 0.1) is 6.92 Å². The van der Waals surface area contributed by atoms with Gasteiger partial charge in [-0.1, -0.05) is 24.3 Å². The van der Waals surface area contributed by atoms with E-state index in [9.17, 15) is 4.79 Å². The van der Waals surface area contributed by atoms with Crippen molar-refractivity contribution in [2.75, 3.05) is 32.0 Å². The standard InChI is InChI=1S/C22H29N5O2/c1-17-8-9-20(25-16-17)26-21(28)10-13-24-22(23-2)27-14-11-19(12-15-27)29-18-6-4-3-5-7-18/h3-9,16,19H,10-15H2,1-2H3,(H,23,24)(H,25,26,28). The molecule has 0 bridgehead atoms. The van der Waals surface area contributed by atoms with E-state index >= 15 is 0 Å². The van der Waals surface area contributed by atoms with E-state index in [0.717, 1.165) is 43.2 Å². The minimum atomic E-state index is -0.0701. The molecule has 154 valence electrons. The number of anilines is 1. The first-order valence-electron chi connectivity index (χ1n) is 10.0. The van der Waals surface area contributed by atoms with Gasteiger partial charge in [-0.25, -0.2) is 4.98 Å². The first kappa shape index (κ1) is 20.6. The number of aliphatic imine (C=N–C) groups is 1. The van der Waals surface area contributed by atoms with Gasteiger partial charge in [0.15, 0.2) is 5.96 Å². The first-order chi connectivity index (χ1) is 14.1. The molecule has 1 aliphatic heterocycles. The molecule has 1 amide bonds. The molecule has 7 heteroatoms. The number of hydrogen-bond acceptors (Lipinski definition) is 4. The summed E-state index contributed by atoms with van der Waals surface area (Å²) < 4.78 is 6.05. The average molecular weight is 396 g/mol. The van der Waals surface area contributed by atoms with Crippen LogP contribution in [-0.4, -0.2) is 54.5 Å². The van der Waals surface area contributed by atoms with Crippen LogP contribution in [0.25, 0.3) is 0 Å². The Kier molecular flexibility index (Phi) is 7.44. The van der Waals surface area contributed by atoms with Crippen LogP contribution in [0.5, 0.6) is 5.75 Å². The zero-order chi connectivity index (χ0) is 20.5. The van der Waals surface area contributed by atoms with Crippen LogP contribution in [0.4, 0.5) is 5.82 Å². The topological polar surface area (TPSA) is 78.8 Å². The van der Waals surface area contributed by atoms with Crippen LogP contribution >= 0.6 is 0 Å². The average Bonchev–Trinajstić information content (AvgIpc) is 2.74. The molecule has 0 saturated carbocycles. The summed E-state index contributed by atoms with van der Waals surface area (Å²) in [5.74, 6) is 2.25. The second kappa shape index (κ2) is 10.5. The largest absolute Gasteiger partial charge is 0.490 e. The Labute approximate surface area is 172 Å². The van der Waals surface area contributed by atoms with E-state index in [2.05, 4.69) is 25.5 Å². The Morgan fingerprint density at radius 3 is 2.62 bits per heavy atom. The highest BCUT2D eigenvalue weighted by Gasteiger charge is 2.22. The summed E-state index contributed by atoms with van der Waals surface area (Å²) in [5, 5.41) is 6.09. The van der Waals surface area contributed by atoms with E-state index in [1.807, 2.05) is 43.3 Å². The summed E-state index contributed by atoms with van der Waals surface area (Å²) in [6.07, 6.45) is 4.19. The summed E-state index contributed by atoms with van der Waals surface area (Å²) in [6, 6.07) is 13.7. The lowest BCUT2D eigenvalue weighted by Gasteiger charge is -2.34. The summed E-state index contributed by atoms with van der Waals surface area (Å²) in [5.41, 5.74) is 1.06. The Morgan fingerprint density at radius 2 is 1.97 bits per heavy atom. The SMILES string of the molecule is CN=C(NCCC(=O)Nc1ccc(C)cn1)N1CCC(Oc2ccccc2)CC1. The van der Waals surface area contributed by atoms with Gasteiger partial charge in [-0.3, -0.25) is 9.79 Å². The van der Waals surface area contributed by atoms with Gasteiger partial charge in [-0.05, 0) is 30.7 Å². The second-order valence-electron chi connectivity index (χ2n) is 7.11. The number of guanidine groups is 1. The minimum Gasteiger partial charge on any atom is -0.490 e.